The number of likely N-dealkylation sites (tertiary alicyclic amines) is 1. The molecule has 1 N–H and O–H groups in total. The monoisotopic (exact) mass is 387 g/mol. The second-order valence-corrected chi connectivity index (χ2v) is 7.23. The molecule has 4 heteroatoms. The molecule has 0 spiro atoms. The van der Waals surface area contributed by atoms with Crippen molar-refractivity contribution in [3.63, 3.8) is 0 Å². The number of phenols is 1. The number of amides is 1. The van der Waals surface area contributed by atoms with Crippen LogP contribution in [0.3, 0.4) is 0 Å². The maximum absolute atomic E-state index is 12.8. The highest BCUT2D eigenvalue weighted by molar-refractivity contribution is 9.10. The average molecular weight is 388 g/mol. The van der Waals surface area contributed by atoms with Gasteiger partial charge in [-0.05, 0) is 43.0 Å². The molecule has 0 aromatic heterocycles. The van der Waals surface area contributed by atoms with Gasteiger partial charge in [0.15, 0.2) is 0 Å². The third kappa shape index (κ3) is 3.99. The quantitative estimate of drug-likeness (QED) is 0.826. The van der Waals surface area contributed by atoms with Crippen LogP contribution >= 0.6 is 15.9 Å². The van der Waals surface area contributed by atoms with Gasteiger partial charge in [0.2, 0.25) is 5.91 Å². The minimum Gasteiger partial charge on any atom is -0.508 e. The van der Waals surface area contributed by atoms with Gasteiger partial charge in [-0.25, -0.2) is 0 Å². The van der Waals surface area contributed by atoms with Crippen LogP contribution in [0, 0.1) is 0 Å². The van der Waals surface area contributed by atoms with Crippen molar-refractivity contribution in [1.29, 1.82) is 0 Å². The van der Waals surface area contributed by atoms with E-state index in [-0.39, 0.29) is 17.6 Å². The fourth-order valence-electron chi connectivity index (χ4n) is 3.34. The number of hydrogen-bond acceptors (Lipinski definition) is 2. The number of carbonyl (C=O) groups excluding carboxylic acids is 1. The average Bonchev–Trinajstić information content (AvgIpc) is 2.63. The zero-order valence-electron chi connectivity index (χ0n) is 13.6. The molecule has 2 aromatic rings. The summed E-state index contributed by atoms with van der Waals surface area (Å²) >= 11 is 3.47. The first-order chi connectivity index (χ1) is 11.6. The van der Waals surface area contributed by atoms with Gasteiger partial charge in [-0.1, -0.05) is 46.3 Å². The highest BCUT2D eigenvalue weighted by Gasteiger charge is 2.25. The Balaban J connectivity index is 1.90. The molecule has 0 bridgehead atoms. The number of nitrogens with zero attached hydrogens (tertiary/aromatic N) is 1. The van der Waals surface area contributed by atoms with E-state index >= 15 is 0 Å². The smallest absolute Gasteiger partial charge is 0.223 e. The molecule has 0 radical (unpaired) electrons. The van der Waals surface area contributed by atoms with Crippen LogP contribution in [0.1, 0.15) is 42.7 Å². The third-order valence-electron chi connectivity index (χ3n) is 4.65. The highest BCUT2D eigenvalue weighted by Crippen LogP contribution is 2.36. The largest absolute Gasteiger partial charge is 0.508 e. The maximum Gasteiger partial charge on any atom is 0.223 e. The molecular weight excluding hydrogens is 366 g/mol. The maximum atomic E-state index is 12.8. The van der Waals surface area contributed by atoms with Crippen LogP contribution in [-0.4, -0.2) is 29.0 Å². The normalized spacial score (nSPS) is 16.0. The lowest BCUT2D eigenvalue weighted by Crippen LogP contribution is -2.36. The van der Waals surface area contributed by atoms with Crippen molar-refractivity contribution in [2.24, 2.45) is 0 Å². The van der Waals surface area contributed by atoms with Gasteiger partial charge in [0.05, 0.1) is 0 Å². The first-order valence-electron chi connectivity index (χ1n) is 8.46. The topological polar surface area (TPSA) is 40.5 Å². The van der Waals surface area contributed by atoms with E-state index in [0.29, 0.717) is 6.42 Å². The lowest BCUT2D eigenvalue weighted by molar-refractivity contribution is -0.132. The molecule has 1 amide bonds. The lowest BCUT2D eigenvalue weighted by Gasteiger charge is -2.29. The zero-order chi connectivity index (χ0) is 16.9. The molecule has 1 atom stereocenters. The summed E-state index contributed by atoms with van der Waals surface area (Å²) in [5, 5.41) is 10.3. The Morgan fingerprint density at radius 1 is 1.08 bits per heavy atom. The second-order valence-electron chi connectivity index (χ2n) is 6.31. The number of hydrogen-bond donors (Lipinski definition) is 1. The minimum atomic E-state index is -0.141. The van der Waals surface area contributed by atoms with Gasteiger partial charge in [0.1, 0.15) is 5.75 Å². The molecule has 2 aromatic carbocycles. The second kappa shape index (κ2) is 7.84. The Kier molecular flexibility index (Phi) is 5.56. The molecule has 3 nitrogen and oxygen atoms in total. The van der Waals surface area contributed by atoms with Gasteiger partial charge in [-0.3, -0.25) is 4.79 Å². The molecule has 1 aliphatic heterocycles. The Bertz CT molecular complexity index is 696. The van der Waals surface area contributed by atoms with Crippen LogP contribution in [0.4, 0.5) is 0 Å². The van der Waals surface area contributed by atoms with Crippen molar-refractivity contribution in [3.05, 3.63) is 64.1 Å². The van der Waals surface area contributed by atoms with Crippen molar-refractivity contribution < 1.29 is 9.90 Å². The summed E-state index contributed by atoms with van der Waals surface area (Å²) in [4.78, 5) is 14.8. The fourth-order valence-corrected chi connectivity index (χ4v) is 3.72. The molecule has 24 heavy (non-hydrogen) atoms. The van der Waals surface area contributed by atoms with E-state index in [1.54, 1.807) is 6.07 Å². The van der Waals surface area contributed by atoms with Crippen LogP contribution < -0.4 is 0 Å². The minimum absolute atomic E-state index is 0.141. The van der Waals surface area contributed by atoms with E-state index in [0.717, 1.165) is 41.5 Å². The molecule has 3 rings (SSSR count). The molecule has 0 unspecified atom stereocenters. The first-order valence-corrected chi connectivity index (χ1v) is 9.25. The zero-order valence-corrected chi connectivity index (χ0v) is 15.2. The molecule has 1 saturated heterocycles. The number of carbonyl (C=O) groups is 1. The van der Waals surface area contributed by atoms with Gasteiger partial charge < -0.3 is 10.0 Å². The van der Waals surface area contributed by atoms with E-state index in [4.69, 9.17) is 0 Å². The van der Waals surface area contributed by atoms with E-state index in [2.05, 4.69) is 15.9 Å². The summed E-state index contributed by atoms with van der Waals surface area (Å²) in [5.74, 6) is 0.263. The number of rotatable bonds is 4. The highest BCUT2D eigenvalue weighted by atomic mass is 79.9. The predicted octanol–water partition coefficient (Wildman–Crippen LogP) is 4.69. The summed E-state index contributed by atoms with van der Waals surface area (Å²) in [5.41, 5.74) is 1.84. The van der Waals surface area contributed by atoms with Crippen molar-refractivity contribution in [2.45, 2.75) is 31.6 Å². The predicted molar refractivity (Wildman–Crippen MR) is 99.1 cm³/mol. The number of phenolic OH excluding ortho intramolecular Hbond substituents is 1. The Hall–Kier alpha value is -1.81. The van der Waals surface area contributed by atoms with E-state index in [1.807, 2.05) is 47.4 Å². The van der Waals surface area contributed by atoms with Crippen molar-refractivity contribution in [1.82, 2.24) is 4.90 Å². The summed E-state index contributed by atoms with van der Waals surface area (Å²) in [6, 6.07) is 15.4. The standard InChI is InChI=1S/C20H22BrNO2/c21-16-9-10-19(23)18(13-16)17(15-7-3-1-4-8-15)14-20(24)22-11-5-2-6-12-22/h1,3-4,7-10,13,17,23H,2,5-6,11-12,14H2/t17-/m0/s1. The summed E-state index contributed by atoms with van der Waals surface area (Å²) in [7, 11) is 0. The molecule has 0 saturated carbocycles. The Labute approximate surface area is 151 Å². The summed E-state index contributed by atoms with van der Waals surface area (Å²) < 4.78 is 0.904. The van der Waals surface area contributed by atoms with Gasteiger partial charge >= 0.3 is 0 Å². The molecule has 0 aliphatic carbocycles. The van der Waals surface area contributed by atoms with Crippen LogP contribution in [0.25, 0.3) is 0 Å². The van der Waals surface area contributed by atoms with E-state index in [1.165, 1.54) is 6.42 Å². The Morgan fingerprint density at radius 3 is 2.50 bits per heavy atom. The van der Waals surface area contributed by atoms with Crippen LogP contribution in [-0.2, 0) is 4.79 Å². The van der Waals surface area contributed by atoms with Crippen molar-refractivity contribution in [2.75, 3.05) is 13.1 Å². The Morgan fingerprint density at radius 2 is 1.79 bits per heavy atom. The lowest BCUT2D eigenvalue weighted by atomic mass is 9.87. The molecule has 1 fully saturated rings. The van der Waals surface area contributed by atoms with Crippen LogP contribution in [0.2, 0.25) is 0 Å². The van der Waals surface area contributed by atoms with Gasteiger partial charge in [0.25, 0.3) is 0 Å². The van der Waals surface area contributed by atoms with Crippen molar-refractivity contribution in [3.8, 4) is 5.75 Å². The van der Waals surface area contributed by atoms with Crippen molar-refractivity contribution >= 4 is 21.8 Å². The molecule has 1 heterocycles. The van der Waals surface area contributed by atoms with E-state index in [9.17, 15) is 9.90 Å². The SMILES string of the molecule is O=C(C[C@@H](c1ccccc1)c1cc(Br)ccc1O)N1CCCCC1. The number of piperidine rings is 1. The number of halogens is 1. The summed E-state index contributed by atoms with van der Waals surface area (Å²) in [6.45, 7) is 1.70. The molecule has 126 valence electrons. The van der Waals surface area contributed by atoms with Gasteiger partial charge in [0, 0.05) is 35.5 Å². The third-order valence-corrected chi connectivity index (χ3v) is 5.15. The van der Waals surface area contributed by atoms with Crippen LogP contribution in [0.15, 0.2) is 53.0 Å². The van der Waals surface area contributed by atoms with Gasteiger partial charge in [-0.2, -0.15) is 0 Å². The van der Waals surface area contributed by atoms with E-state index < -0.39 is 0 Å². The fraction of sp³-hybridized carbons (Fsp3) is 0.350. The first kappa shape index (κ1) is 17.0. The van der Waals surface area contributed by atoms with Crippen LogP contribution in [0.5, 0.6) is 5.75 Å². The van der Waals surface area contributed by atoms with Gasteiger partial charge in [-0.15, -0.1) is 0 Å². The number of aromatic hydroxyl groups is 1. The molecular formula is C20H22BrNO2. The summed E-state index contributed by atoms with van der Waals surface area (Å²) in [6.07, 6.45) is 3.76. The number of benzene rings is 2. The molecule has 1 aliphatic rings.